The molecule has 1 rings (SSSR count). The van der Waals surface area contributed by atoms with Crippen molar-refractivity contribution in [2.75, 3.05) is 12.4 Å². The Bertz CT molecular complexity index is 276. The predicted molar refractivity (Wildman–Crippen MR) is 47.1 cm³/mol. The van der Waals surface area contributed by atoms with Crippen molar-refractivity contribution < 1.29 is 9.53 Å². The molecular formula is C8H11N3O2. The molecule has 0 aliphatic heterocycles. The van der Waals surface area contributed by atoms with Crippen LogP contribution in [0.1, 0.15) is 6.92 Å². The number of anilines is 1. The van der Waals surface area contributed by atoms with Gasteiger partial charge in [-0.05, 0) is 6.92 Å². The fraction of sp³-hybridized carbons (Fsp3) is 0.375. The lowest BCUT2D eigenvalue weighted by Gasteiger charge is -2.11. The molecule has 5 nitrogen and oxygen atoms in total. The molecule has 5 heteroatoms. The van der Waals surface area contributed by atoms with Crippen LogP contribution in [0.2, 0.25) is 0 Å². The van der Waals surface area contributed by atoms with Crippen LogP contribution in [-0.4, -0.2) is 29.1 Å². The summed E-state index contributed by atoms with van der Waals surface area (Å²) in [6.45, 7) is 1.71. The second-order valence-corrected chi connectivity index (χ2v) is 2.52. The van der Waals surface area contributed by atoms with Crippen LogP contribution in [0.25, 0.3) is 0 Å². The number of nitrogens with zero attached hydrogens (tertiary/aromatic N) is 2. The Labute approximate surface area is 76.2 Å². The number of hydrogen-bond acceptors (Lipinski definition) is 5. The molecule has 1 aromatic rings. The van der Waals surface area contributed by atoms with Gasteiger partial charge in [-0.25, -0.2) is 14.8 Å². The second kappa shape index (κ2) is 4.39. The molecule has 0 amide bonds. The first-order valence-corrected chi connectivity index (χ1v) is 3.83. The largest absolute Gasteiger partial charge is 0.467 e. The summed E-state index contributed by atoms with van der Waals surface area (Å²) in [6.07, 6.45) is 4.60. The molecule has 1 aromatic heterocycles. The van der Waals surface area contributed by atoms with Crippen molar-refractivity contribution in [1.82, 2.24) is 9.97 Å². The van der Waals surface area contributed by atoms with Crippen molar-refractivity contribution in [2.45, 2.75) is 13.0 Å². The molecule has 70 valence electrons. The Kier molecular flexibility index (Phi) is 3.19. The SMILES string of the molecule is COC(=O)C(C)Nc1cncnc1. The number of hydrogen-bond donors (Lipinski definition) is 1. The molecule has 0 aliphatic carbocycles. The molecule has 0 bridgehead atoms. The number of carbonyl (C=O) groups excluding carboxylic acids is 1. The van der Waals surface area contributed by atoms with Crippen molar-refractivity contribution in [3.63, 3.8) is 0 Å². The van der Waals surface area contributed by atoms with E-state index in [4.69, 9.17) is 0 Å². The molecule has 1 unspecified atom stereocenters. The van der Waals surface area contributed by atoms with Gasteiger partial charge in [-0.1, -0.05) is 0 Å². The van der Waals surface area contributed by atoms with Gasteiger partial charge >= 0.3 is 5.97 Å². The van der Waals surface area contributed by atoms with E-state index in [0.29, 0.717) is 5.69 Å². The van der Waals surface area contributed by atoms with E-state index in [9.17, 15) is 4.79 Å². The topological polar surface area (TPSA) is 64.1 Å². The van der Waals surface area contributed by atoms with E-state index >= 15 is 0 Å². The molecule has 1 N–H and O–H groups in total. The van der Waals surface area contributed by atoms with Gasteiger partial charge in [0.25, 0.3) is 0 Å². The van der Waals surface area contributed by atoms with Gasteiger partial charge in [-0.3, -0.25) is 0 Å². The van der Waals surface area contributed by atoms with Crippen LogP contribution >= 0.6 is 0 Å². The zero-order chi connectivity index (χ0) is 9.68. The van der Waals surface area contributed by atoms with E-state index in [0.717, 1.165) is 0 Å². The maximum Gasteiger partial charge on any atom is 0.327 e. The van der Waals surface area contributed by atoms with Crippen LogP contribution in [0.15, 0.2) is 18.7 Å². The van der Waals surface area contributed by atoms with Gasteiger partial charge in [0, 0.05) is 0 Å². The zero-order valence-electron chi connectivity index (χ0n) is 7.52. The first-order valence-electron chi connectivity index (χ1n) is 3.83. The Morgan fingerprint density at radius 1 is 1.54 bits per heavy atom. The lowest BCUT2D eigenvalue weighted by molar-refractivity contribution is -0.141. The Morgan fingerprint density at radius 2 is 2.15 bits per heavy atom. The summed E-state index contributed by atoms with van der Waals surface area (Å²) in [5, 5.41) is 2.89. The molecule has 0 aromatic carbocycles. The molecule has 0 spiro atoms. The third-order valence-corrected chi connectivity index (χ3v) is 1.50. The van der Waals surface area contributed by atoms with Gasteiger partial charge in [0.15, 0.2) is 0 Å². The second-order valence-electron chi connectivity index (χ2n) is 2.52. The predicted octanol–water partition coefficient (Wildman–Crippen LogP) is 0.450. The minimum atomic E-state index is -0.393. The smallest absolute Gasteiger partial charge is 0.327 e. The average Bonchev–Trinajstić information content (AvgIpc) is 2.18. The maximum atomic E-state index is 11.0. The van der Waals surface area contributed by atoms with E-state index < -0.39 is 6.04 Å². The summed E-state index contributed by atoms with van der Waals surface area (Å²) >= 11 is 0. The third kappa shape index (κ3) is 2.70. The summed E-state index contributed by atoms with van der Waals surface area (Å²) in [5.74, 6) is -0.316. The van der Waals surface area contributed by atoms with Crippen LogP contribution in [0, 0.1) is 0 Å². The fourth-order valence-electron chi connectivity index (χ4n) is 0.859. The van der Waals surface area contributed by atoms with Crippen molar-refractivity contribution in [2.24, 2.45) is 0 Å². The number of ether oxygens (including phenoxy) is 1. The van der Waals surface area contributed by atoms with Crippen molar-refractivity contribution in [3.05, 3.63) is 18.7 Å². The van der Waals surface area contributed by atoms with Crippen LogP contribution in [0.5, 0.6) is 0 Å². The number of methoxy groups -OCH3 is 1. The molecule has 0 aliphatic rings. The number of carbonyl (C=O) groups is 1. The number of rotatable bonds is 3. The highest BCUT2D eigenvalue weighted by atomic mass is 16.5. The molecule has 0 saturated carbocycles. The summed E-state index contributed by atoms with van der Waals surface area (Å²) in [6, 6.07) is -0.393. The summed E-state index contributed by atoms with van der Waals surface area (Å²) in [7, 11) is 1.35. The van der Waals surface area contributed by atoms with Crippen molar-refractivity contribution in [1.29, 1.82) is 0 Å². The lowest BCUT2D eigenvalue weighted by Crippen LogP contribution is -2.27. The maximum absolute atomic E-state index is 11.0. The first-order chi connectivity index (χ1) is 6.24. The first kappa shape index (κ1) is 9.44. The molecule has 1 atom stereocenters. The average molecular weight is 181 g/mol. The van der Waals surface area contributed by atoms with Crippen LogP contribution in [0.3, 0.4) is 0 Å². The van der Waals surface area contributed by atoms with E-state index in [1.165, 1.54) is 13.4 Å². The van der Waals surface area contributed by atoms with Gasteiger partial charge < -0.3 is 10.1 Å². The Morgan fingerprint density at radius 3 is 2.69 bits per heavy atom. The lowest BCUT2D eigenvalue weighted by atomic mass is 10.3. The molecule has 1 heterocycles. The van der Waals surface area contributed by atoms with Crippen molar-refractivity contribution in [3.8, 4) is 0 Å². The monoisotopic (exact) mass is 181 g/mol. The summed E-state index contributed by atoms with van der Waals surface area (Å²) in [5.41, 5.74) is 0.695. The highest BCUT2D eigenvalue weighted by Crippen LogP contribution is 2.03. The van der Waals surface area contributed by atoms with Crippen LogP contribution < -0.4 is 5.32 Å². The van der Waals surface area contributed by atoms with Gasteiger partial charge in [0.1, 0.15) is 12.4 Å². The van der Waals surface area contributed by atoms with E-state index in [2.05, 4.69) is 20.0 Å². The third-order valence-electron chi connectivity index (χ3n) is 1.50. The molecule has 0 radical (unpaired) electrons. The normalized spacial score (nSPS) is 11.8. The number of aromatic nitrogens is 2. The molecule has 0 saturated heterocycles. The van der Waals surface area contributed by atoms with Gasteiger partial charge in [0.05, 0.1) is 25.2 Å². The van der Waals surface area contributed by atoms with E-state index in [1.54, 1.807) is 19.3 Å². The molecule has 0 fully saturated rings. The minimum Gasteiger partial charge on any atom is -0.467 e. The quantitative estimate of drug-likeness (QED) is 0.686. The van der Waals surface area contributed by atoms with Gasteiger partial charge in [-0.15, -0.1) is 0 Å². The highest BCUT2D eigenvalue weighted by molar-refractivity contribution is 5.78. The van der Waals surface area contributed by atoms with Crippen LogP contribution in [-0.2, 0) is 9.53 Å². The molecular weight excluding hydrogens is 170 g/mol. The Balaban J connectivity index is 2.55. The fourth-order valence-corrected chi connectivity index (χ4v) is 0.859. The molecule has 13 heavy (non-hydrogen) atoms. The zero-order valence-corrected chi connectivity index (χ0v) is 7.52. The minimum absolute atomic E-state index is 0.316. The highest BCUT2D eigenvalue weighted by Gasteiger charge is 2.11. The van der Waals surface area contributed by atoms with E-state index in [-0.39, 0.29) is 5.97 Å². The van der Waals surface area contributed by atoms with Gasteiger partial charge in [-0.2, -0.15) is 0 Å². The van der Waals surface area contributed by atoms with Gasteiger partial charge in [0.2, 0.25) is 0 Å². The number of esters is 1. The number of nitrogens with one attached hydrogen (secondary N) is 1. The van der Waals surface area contributed by atoms with Crippen molar-refractivity contribution >= 4 is 11.7 Å². The van der Waals surface area contributed by atoms with E-state index in [1.807, 2.05) is 0 Å². The Hall–Kier alpha value is -1.65. The standard InChI is InChI=1S/C8H11N3O2/c1-6(8(12)13-2)11-7-3-9-5-10-4-7/h3-6,11H,1-2H3. The summed E-state index contributed by atoms with van der Waals surface area (Å²) < 4.78 is 4.54. The summed E-state index contributed by atoms with van der Waals surface area (Å²) in [4.78, 5) is 18.6. The van der Waals surface area contributed by atoms with Crippen LogP contribution in [0.4, 0.5) is 5.69 Å².